The summed E-state index contributed by atoms with van der Waals surface area (Å²) in [5, 5.41) is 9.49. The van der Waals surface area contributed by atoms with Gasteiger partial charge in [0.2, 0.25) is 0 Å². The number of hydrogen-bond acceptors (Lipinski definition) is 2. The fourth-order valence-corrected chi connectivity index (χ4v) is 3.85. The predicted octanol–water partition coefficient (Wildman–Crippen LogP) is 2.46. The lowest BCUT2D eigenvalue weighted by molar-refractivity contribution is -0.142. The van der Waals surface area contributed by atoms with Gasteiger partial charge < -0.3 is 10.0 Å². The number of fused-ring (bicyclic) bond motifs is 1. The van der Waals surface area contributed by atoms with Crippen molar-refractivity contribution < 1.29 is 19.1 Å². The van der Waals surface area contributed by atoms with Crippen LogP contribution in [0.1, 0.15) is 35.2 Å². The number of likely N-dealkylation sites (tertiary alicyclic amines) is 1. The van der Waals surface area contributed by atoms with E-state index in [4.69, 9.17) is 0 Å². The Balaban J connectivity index is 1.91. The largest absolute Gasteiger partial charge is 0.480 e. The minimum absolute atomic E-state index is 0.0622. The van der Waals surface area contributed by atoms with E-state index < -0.39 is 17.8 Å². The Morgan fingerprint density at radius 3 is 2.76 bits per heavy atom. The Kier molecular flexibility index (Phi) is 3.43. The smallest absolute Gasteiger partial charge is 0.326 e. The van der Waals surface area contributed by atoms with Crippen LogP contribution in [0.15, 0.2) is 18.2 Å². The Morgan fingerprint density at radius 1 is 1.33 bits per heavy atom. The molecule has 2 aliphatic rings. The lowest BCUT2D eigenvalue weighted by Crippen LogP contribution is -2.43. The van der Waals surface area contributed by atoms with Crippen molar-refractivity contribution >= 4 is 11.9 Å². The summed E-state index contributed by atoms with van der Waals surface area (Å²) in [6.45, 7) is 2.17. The molecule has 21 heavy (non-hydrogen) atoms. The first kappa shape index (κ1) is 14.0. The first-order valence-electron chi connectivity index (χ1n) is 7.29. The highest BCUT2D eigenvalue weighted by Gasteiger charge is 2.49. The molecule has 112 valence electrons. The molecular formula is C16H18FNO3. The second kappa shape index (κ2) is 5.13. The van der Waals surface area contributed by atoms with E-state index in [2.05, 4.69) is 0 Å². The summed E-state index contributed by atoms with van der Waals surface area (Å²) < 4.78 is 13.2. The van der Waals surface area contributed by atoms with Crippen molar-refractivity contribution in [1.29, 1.82) is 0 Å². The molecule has 1 aliphatic heterocycles. The van der Waals surface area contributed by atoms with E-state index in [1.54, 1.807) is 6.92 Å². The number of aliphatic carboxylic acids is 1. The molecule has 5 heteroatoms. The maximum absolute atomic E-state index is 13.2. The number of rotatable bonds is 2. The summed E-state index contributed by atoms with van der Waals surface area (Å²) >= 11 is 0. The fraction of sp³-hybridized carbons (Fsp3) is 0.500. The molecule has 0 bridgehead atoms. The van der Waals surface area contributed by atoms with Gasteiger partial charge in [0.1, 0.15) is 11.9 Å². The van der Waals surface area contributed by atoms with Crippen molar-refractivity contribution in [1.82, 2.24) is 4.90 Å². The number of carbonyl (C=O) groups is 2. The second-order valence-corrected chi connectivity index (χ2v) is 6.05. The van der Waals surface area contributed by atoms with Crippen LogP contribution in [0.25, 0.3) is 0 Å². The Labute approximate surface area is 122 Å². The van der Waals surface area contributed by atoms with Gasteiger partial charge in [-0.05, 0) is 55.4 Å². The van der Waals surface area contributed by atoms with Gasteiger partial charge in [-0.25, -0.2) is 9.18 Å². The first-order valence-corrected chi connectivity index (χ1v) is 7.29. The van der Waals surface area contributed by atoms with Gasteiger partial charge in [-0.1, -0.05) is 6.42 Å². The van der Waals surface area contributed by atoms with E-state index in [-0.39, 0.29) is 17.7 Å². The highest BCUT2D eigenvalue weighted by Crippen LogP contribution is 2.42. The van der Waals surface area contributed by atoms with Crippen LogP contribution in [0.2, 0.25) is 0 Å². The number of benzene rings is 1. The maximum Gasteiger partial charge on any atom is 0.326 e. The lowest BCUT2D eigenvalue weighted by Gasteiger charge is -2.25. The topological polar surface area (TPSA) is 57.6 Å². The molecule has 4 nitrogen and oxygen atoms in total. The molecule has 0 radical (unpaired) electrons. The maximum atomic E-state index is 13.2. The van der Waals surface area contributed by atoms with E-state index in [0.717, 1.165) is 19.3 Å². The van der Waals surface area contributed by atoms with Crippen LogP contribution in [0.3, 0.4) is 0 Å². The zero-order valence-electron chi connectivity index (χ0n) is 11.9. The minimum atomic E-state index is -0.933. The average molecular weight is 291 g/mol. The number of carboxylic acid groups (broad SMARTS) is 1. The van der Waals surface area contributed by atoms with Gasteiger partial charge >= 0.3 is 5.97 Å². The van der Waals surface area contributed by atoms with Crippen LogP contribution < -0.4 is 0 Å². The van der Waals surface area contributed by atoms with Crippen molar-refractivity contribution in [3.63, 3.8) is 0 Å². The summed E-state index contributed by atoms with van der Waals surface area (Å²) in [5.74, 6) is -1.27. The molecule has 1 N–H and O–H groups in total. The van der Waals surface area contributed by atoms with E-state index in [1.807, 2.05) is 0 Å². The molecule has 1 saturated carbocycles. The Bertz CT molecular complexity index is 601. The number of nitrogens with zero attached hydrogens (tertiary/aromatic N) is 1. The van der Waals surface area contributed by atoms with Gasteiger partial charge in [0.15, 0.2) is 0 Å². The molecule has 3 unspecified atom stereocenters. The Hall–Kier alpha value is -1.91. The molecule has 1 saturated heterocycles. The van der Waals surface area contributed by atoms with Gasteiger partial charge in [0.05, 0.1) is 0 Å². The van der Waals surface area contributed by atoms with E-state index >= 15 is 0 Å². The van der Waals surface area contributed by atoms with Crippen molar-refractivity contribution in [2.45, 2.75) is 32.2 Å². The molecule has 1 amide bonds. The molecule has 1 heterocycles. The molecular weight excluding hydrogens is 273 g/mol. The standard InChI is InChI=1S/C16H18FNO3/c1-9-7-11(17)5-6-12(9)15(19)18-8-10-3-2-4-13(10)14(18)16(20)21/h5-7,10,13-14H,2-4,8H2,1H3,(H,20,21). The number of aryl methyl sites for hydroxylation is 1. The molecule has 1 aromatic rings. The summed E-state index contributed by atoms with van der Waals surface area (Å²) in [5.41, 5.74) is 0.934. The molecule has 0 aromatic heterocycles. The lowest BCUT2D eigenvalue weighted by atomic mass is 9.94. The second-order valence-electron chi connectivity index (χ2n) is 6.05. The average Bonchev–Trinajstić information content (AvgIpc) is 2.96. The van der Waals surface area contributed by atoms with Crippen molar-refractivity contribution in [3.05, 3.63) is 35.1 Å². The molecule has 1 aliphatic carbocycles. The van der Waals surface area contributed by atoms with Crippen LogP contribution in [0.5, 0.6) is 0 Å². The van der Waals surface area contributed by atoms with Crippen molar-refractivity contribution in [3.8, 4) is 0 Å². The van der Waals surface area contributed by atoms with Crippen molar-refractivity contribution in [2.75, 3.05) is 6.54 Å². The van der Waals surface area contributed by atoms with Gasteiger partial charge in [-0.3, -0.25) is 4.79 Å². The van der Waals surface area contributed by atoms with E-state index in [1.165, 1.54) is 23.1 Å². The summed E-state index contributed by atoms with van der Waals surface area (Å²) in [4.78, 5) is 25.7. The third-order valence-electron chi connectivity index (χ3n) is 4.82. The predicted molar refractivity (Wildman–Crippen MR) is 74.4 cm³/mol. The normalized spacial score (nSPS) is 27.7. The number of carbonyl (C=O) groups excluding carboxylic acids is 1. The third-order valence-corrected chi connectivity index (χ3v) is 4.82. The molecule has 3 rings (SSSR count). The Morgan fingerprint density at radius 2 is 2.10 bits per heavy atom. The van der Waals surface area contributed by atoms with Gasteiger partial charge in [0.25, 0.3) is 5.91 Å². The fourth-order valence-electron chi connectivity index (χ4n) is 3.85. The zero-order chi connectivity index (χ0) is 15.1. The van der Waals surface area contributed by atoms with Crippen LogP contribution >= 0.6 is 0 Å². The zero-order valence-corrected chi connectivity index (χ0v) is 11.9. The van der Waals surface area contributed by atoms with Gasteiger partial charge in [-0.2, -0.15) is 0 Å². The summed E-state index contributed by atoms with van der Waals surface area (Å²) in [6.07, 6.45) is 2.89. The van der Waals surface area contributed by atoms with Crippen LogP contribution in [0, 0.1) is 24.6 Å². The molecule has 1 aromatic carbocycles. The number of halogens is 1. The van der Waals surface area contributed by atoms with Crippen LogP contribution in [0.4, 0.5) is 4.39 Å². The quantitative estimate of drug-likeness (QED) is 0.910. The summed E-state index contributed by atoms with van der Waals surface area (Å²) in [6, 6.07) is 3.25. The highest BCUT2D eigenvalue weighted by atomic mass is 19.1. The monoisotopic (exact) mass is 291 g/mol. The summed E-state index contributed by atoms with van der Waals surface area (Å²) in [7, 11) is 0. The number of carboxylic acids is 1. The SMILES string of the molecule is Cc1cc(F)ccc1C(=O)N1CC2CCCC2C1C(=O)O. The minimum Gasteiger partial charge on any atom is -0.480 e. The highest BCUT2D eigenvalue weighted by molar-refractivity contribution is 5.98. The first-order chi connectivity index (χ1) is 9.99. The molecule has 2 fully saturated rings. The molecule has 3 atom stereocenters. The number of hydrogen-bond donors (Lipinski definition) is 1. The van der Waals surface area contributed by atoms with Gasteiger partial charge in [0, 0.05) is 12.1 Å². The van der Waals surface area contributed by atoms with E-state index in [9.17, 15) is 19.1 Å². The third kappa shape index (κ3) is 2.30. The molecule has 0 spiro atoms. The van der Waals surface area contributed by atoms with Crippen LogP contribution in [-0.2, 0) is 4.79 Å². The van der Waals surface area contributed by atoms with Crippen molar-refractivity contribution in [2.24, 2.45) is 11.8 Å². The number of amides is 1. The van der Waals surface area contributed by atoms with Gasteiger partial charge in [-0.15, -0.1) is 0 Å². The van der Waals surface area contributed by atoms with E-state index in [0.29, 0.717) is 17.7 Å². The van der Waals surface area contributed by atoms with Crippen LogP contribution in [-0.4, -0.2) is 34.5 Å².